The van der Waals surface area contributed by atoms with Crippen LogP contribution in [-0.4, -0.2) is 19.3 Å². The number of ether oxygens (including phenoxy) is 2. The normalized spacial score (nSPS) is 16.0. The number of furan rings is 2. The summed E-state index contributed by atoms with van der Waals surface area (Å²) in [7, 11) is 0. The van der Waals surface area contributed by atoms with Gasteiger partial charge in [0.05, 0.1) is 18.4 Å². The second kappa shape index (κ2) is 6.97. The van der Waals surface area contributed by atoms with Crippen LogP contribution >= 0.6 is 0 Å². The highest BCUT2D eigenvalue weighted by Crippen LogP contribution is 2.42. The van der Waals surface area contributed by atoms with Gasteiger partial charge < -0.3 is 18.3 Å². The van der Waals surface area contributed by atoms with E-state index < -0.39 is 0 Å². The van der Waals surface area contributed by atoms with E-state index in [0.29, 0.717) is 43.3 Å². The van der Waals surface area contributed by atoms with Crippen molar-refractivity contribution in [2.75, 3.05) is 13.3 Å². The molecule has 0 saturated heterocycles. The quantitative estimate of drug-likeness (QED) is 0.538. The Morgan fingerprint density at radius 1 is 1.17 bits per heavy atom. The number of benzene rings is 2. The van der Waals surface area contributed by atoms with Crippen molar-refractivity contribution in [3.63, 3.8) is 0 Å². The SMILES string of the molecule is CCOC(=O)c1c(C)oc2c1c1c(c3ccccc32)OC[NH+](Cc2ccco2)C1. The fraction of sp³-hybridized carbons (Fsp3) is 0.261. The van der Waals surface area contributed by atoms with Crippen LogP contribution in [0.15, 0.2) is 51.5 Å². The number of esters is 1. The zero-order chi connectivity index (χ0) is 20.0. The van der Waals surface area contributed by atoms with Gasteiger partial charge in [0, 0.05) is 16.2 Å². The molecule has 4 aromatic rings. The molecule has 0 amide bonds. The maximum Gasteiger partial charge on any atom is 0.342 e. The summed E-state index contributed by atoms with van der Waals surface area (Å²) in [6.45, 7) is 5.85. The predicted octanol–water partition coefficient (Wildman–Crippen LogP) is 3.60. The van der Waals surface area contributed by atoms with Crippen LogP contribution in [0.3, 0.4) is 0 Å². The lowest BCUT2D eigenvalue weighted by Gasteiger charge is -2.27. The number of hydrogen-bond donors (Lipinski definition) is 1. The van der Waals surface area contributed by atoms with E-state index in [1.165, 1.54) is 4.90 Å². The number of carbonyl (C=O) groups is 1. The van der Waals surface area contributed by atoms with Crippen molar-refractivity contribution < 1.29 is 28.0 Å². The molecule has 148 valence electrons. The highest BCUT2D eigenvalue weighted by Gasteiger charge is 2.32. The van der Waals surface area contributed by atoms with Gasteiger partial charge in [-0.05, 0) is 26.0 Å². The molecule has 0 radical (unpaired) electrons. The van der Waals surface area contributed by atoms with E-state index in [2.05, 4.69) is 0 Å². The first-order valence-corrected chi connectivity index (χ1v) is 9.80. The van der Waals surface area contributed by atoms with Crippen LogP contribution in [-0.2, 0) is 17.8 Å². The Labute approximate surface area is 167 Å². The minimum atomic E-state index is -0.362. The van der Waals surface area contributed by atoms with Gasteiger partial charge in [0.1, 0.15) is 35.7 Å². The summed E-state index contributed by atoms with van der Waals surface area (Å²) >= 11 is 0. The van der Waals surface area contributed by atoms with Crippen LogP contribution in [0.25, 0.3) is 21.7 Å². The molecule has 5 rings (SSSR count). The lowest BCUT2D eigenvalue weighted by molar-refractivity contribution is -0.946. The van der Waals surface area contributed by atoms with Crippen LogP contribution in [0, 0.1) is 6.92 Å². The Morgan fingerprint density at radius 3 is 2.76 bits per heavy atom. The monoisotopic (exact) mass is 392 g/mol. The predicted molar refractivity (Wildman–Crippen MR) is 107 cm³/mol. The summed E-state index contributed by atoms with van der Waals surface area (Å²) in [6.07, 6.45) is 1.68. The topological polar surface area (TPSA) is 66.2 Å². The molecular weight excluding hydrogens is 370 g/mol. The third-order valence-electron chi connectivity index (χ3n) is 5.41. The minimum Gasteiger partial charge on any atom is -0.463 e. The average Bonchev–Trinajstić information content (AvgIpc) is 3.35. The zero-order valence-corrected chi connectivity index (χ0v) is 16.4. The smallest absolute Gasteiger partial charge is 0.342 e. The van der Waals surface area contributed by atoms with Crippen LogP contribution in [0.1, 0.15) is 34.4 Å². The van der Waals surface area contributed by atoms with Gasteiger partial charge in [-0.2, -0.15) is 0 Å². The molecule has 1 aliphatic heterocycles. The van der Waals surface area contributed by atoms with Gasteiger partial charge in [-0.25, -0.2) is 4.79 Å². The first kappa shape index (κ1) is 17.8. The zero-order valence-electron chi connectivity index (χ0n) is 16.4. The maximum atomic E-state index is 12.8. The molecule has 2 aromatic heterocycles. The Morgan fingerprint density at radius 2 is 2.00 bits per heavy atom. The fourth-order valence-corrected chi connectivity index (χ4v) is 4.21. The first-order valence-electron chi connectivity index (χ1n) is 9.80. The van der Waals surface area contributed by atoms with Crippen LogP contribution in [0.2, 0.25) is 0 Å². The van der Waals surface area contributed by atoms with Gasteiger partial charge in [0.25, 0.3) is 0 Å². The third-order valence-corrected chi connectivity index (χ3v) is 5.41. The van der Waals surface area contributed by atoms with E-state index >= 15 is 0 Å². The molecule has 1 N–H and O–H groups in total. The number of rotatable bonds is 4. The summed E-state index contributed by atoms with van der Waals surface area (Å²) in [4.78, 5) is 13.9. The first-order chi connectivity index (χ1) is 14.2. The average molecular weight is 392 g/mol. The standard InChI is InChI=1S/C23H21NO5/c1-3-26-23(25)19-14(2)29-22-17-9-5-4-8-16(17)21-18(20(19)22)12-24(13-28-21)11-15-7-6-10-27-15/h4-10H,3,11-13H2,1-2H3/p+1. The fourth-order valence-electron chi connectivity index (χ4n) is 4.21. The molecule has 0 aliphatic carbocycles. The van der Waals surface area contributed by atoms with Crippen molar-refractivity contribution >= 4 is 27.7 Å². The van der Waals surface area contributed by atoms with Crippen molar-refractivity contribution in [3.05, 3.63) is 65.3 Å². The molecular formula is C23H22NO5+. The lowest BCUT2D eigenvalue weighted by Crippen LogP contribution is -3.10. The van der Waals surface area contributed by atoms with Crippen LogP contribution in [0.5, 0.6) is 5.75 Å². The summed E-state index contributed by atoms with van der Waals surface area (Å²) < 4.78 is 23.2. The summed E-state index contributed by atoms with van der Waals surface area (Å²) in [6, 6.07) is 11.8. The number of fused-ring (bicyclic) bond motifs is 6. The second-order valence-electron chi connectivity index (χ2n) is 7.28. The Balaban J connectivity index is 1.72. The Kier molecular flexibility index (Phi) is 4.28. The highest BCUT2D eigenvalue weighted by molar-refractivity contribution is 6.16. The third kappa shape index (κ3) is 2.87. The summed E-state index contributed by atoms with van der Waals surface area (Å²) in [5.41, 5.74) is 2.18. The summed E-state index contributed by atoms with van der Waals surface area (Å²) in [5, 5.41) is 2.73. The number of hydrogen-bond acceptors (Lipinski definition) is 5. The van der Waals surface area contributed by atoms with Gasteiger partial charge in [0.15, 0.2) is 5.76 Å². The van der Waals surface area contributed by atoms with Crippen molar-refractivity contribution in [2.45, 2.75) is 26.9 Å². The Bertz CT molecular complexity index is 1210. The molecule has 0 spiro atoms. The van der Waals surface area contributed by atoms with Crippen molar-refractivity contribution in [1.82, 2.24) is 0 Å². The van der Waals surface area contributed by atoms with E-state index in [1.54, 1.807) is 13.2 Å². The van der Waals surface area contributed by atoms with Crippen molar-refractivity contribution in [3.8, 4) is 5.75 Å². The molecule has 6 nitrogen and oxygen atoms in total. The van der Waals surface area contributed by atoms with Gasteiger partial charge in [0.2, 0.25) is 6.73 Å². The summed E-state index contributed by atoms with van der Waals surface area (Å²) in [5.74, 6) is 1.93. The van der Waals surface area contributed by atoms with Crippen LogP contribution in [0.4, 0.5) is 0 Å². The molecule has 2 aromatic carbocycles. The maximum absolute atomic E-state index is 12.8. The molecule has 0 fully saturated rings. The molecule has 0 bridgehead atoms. The molecule has 0 saturated carbocycles. The number of quaternary nitrogens is 1. The molecule has 3 heterocycles. The second-order valence-corrected chi connectivity index (χ2v) is 7.28. The number of nitrogens with one attached hydrogen (secondary N) is 1. The minimum absolute atomic E-state index is 0.313. The van der Waals surface area contributed by atoms with E-state index in [9.17, 15) is 4.79 Å². The molecule has 29 heavy (non-hydrogen) atoms. The molecule has 1 aliphatic rings. The van der Waals surface area contributed by atoms with Crippen molar-refractivity contribution in [1.29, 1.82) is 0 Å². The van der Waals surface area contributed by atoms with Crippen molar-refractivity contribution in [2.24, 2.45) is 0 Å². The van der Waals surface area contributed by atoms with Gasteiger partial charge >= 0.3 is 5.97 Å². The van der Waals surface area contributed by atoms with E-state index in [-0.39, 0.29) is 5.97 Å². The Hall–Kier alpha value is -3.25. The van der Waals surface area contributed by atoms with E-state index in [4.69, 9.17) is 18.3 Å². The van der Waals surface area contributed by atoms with Gasteiger partial charge in [-0.1, -0.05) is 24.3 Å². The lowest BCUT2D eigenvalue weighted by atomic mass is 9.96. The van der Waals surface area contributed by atoms with Gasteiger partial charge in [-0.15, -0.1) is 0 Å². The molecule has 1 unspecified atom stereocenters. The molecule has 6 heteroatoms. The van der Waals surface area contributed by atoms with E-state index in [0.717, 1.165) is 33.2 Å². The highest BCUT2D eigenvalue weighted by atomic mass is 16.5. The number of aryl methyl sites for hydroxylation is 1. The number of carbonyl (C=O) groups excluding carboxylic acids is 1. The van der Waals surface area contributed by atoms with Crippen LogP contribution < -0.4 is 9.64 Å². The largest absolute Gasteiger partial charge is 0.463 e. The molecule has 1 atom stereocenters. The van der Waals surface area contributed by atoms with Gasteiger partial charge in [-0.3, -0.25) is 4.90 Å². The van der Waals surface area contributed by atoms with E-state index in [1.807, 2.05) is 43.3 Å².